The Balaban J connectivity index is 1.61. The molecular weight excluding hydrogens is 320 g/mol. The number of nitrogens with zero attached hydrogens (tertiary/aromatic N) is 3. The Morgan fingerprint density at radius 1 is 1.36 bits per heavy atom. The molecule has 1 saturated heterocycles. The highest BCUT2D eigenvalue weighted by Gasteiger charge is 2.21. The van der Waals surface area contributed by atoms with Gasteiger partial charge in [0, 0.05) is 41.8 Å². The van der Waals surface area contributed by atoms with Crippen LogP contribution in [0.4, 0.5) is 5.69 Å². The summed E-state index contributed by atoms with van der Waals surface area (Å²) in [6, 6.07) is 6.92. The van der Waals surface area contributed by atoms with Crippen LogP contribution in [0.3, 0.4) is 0 Å². The zero-order valence-corrected chi connectivity index (χ0v) is 14.5. The van der Waals surface area contributed by atoms with Crippen LogP contribution in [0.2, 0.25) is 0 Å². The van der Waals surface area contributed by atoms with E-state index < -0.39 is 4.92 Å². The highest BCUT2D eigenvalue weighted by atomic mass is 16.6. The summed E-state index contributed by atoms with van der Waals surface area (Å²) < 4.78 is 1.83. The number of nitrogens with one attached hydrogen (secondary N) is 1. The standard InChI is InChI=1S/C18H24N4O3/c1-2-20-9-4-3-5-16(20)12-19-18(23)13-21-10-8-14-11-15(22(24)25)6-7-17(14)21/h6-8,10-11,16H,2-5,9,12-13H2,1H3,(H,19,23). The quantitative estimate of drug-likeness (QED) is 0.645. The second kappa shape index (κ2) is 7.65. The van der Waals surface area contributed by atoms with Crippen LogP contribution in [0.1, 0.15) is 26.2 Å². The minimum absolute atomic E-state index is 0.0301. The van der Waals surface area contributed by atoms with Gasteiger partial charge in [-0.15, -0.1) is 0 Å². The molecule has 1 N–H and O–H groups in total. The van der Waals surface area contributed by atoms with Crippen LogP contribution in [0, 0.1) is 10.1 Å². The molecule has 1 unspecified atom stereocenters. The number of aromatic nitrogens is 1. The van der Waals surface area contributed by atoms with Crippen molar-refractivity contribution >= 4 is 22.5 Å². The van der Waals surface area contributed by atoms with Crippen molar-refractivity contribution in [2.75, 3.05) is 19.6 Å². The fourth-order valence-electron chi connectivity index (χ4n) is 3.59. The summed E-state index contributed by atoms with van der Waals surface area (Å²) in [7, 11) is 0. The van der Waals surface area contributed by atoms with Gasteiger partial charge in [0.15, 0.2) is 0 Å². The van der Waals surface area contributed by atoms with Gasteiger partial charge in [-0.25, -0.2) is 0 Å². The number of likely N-dealkylation sites (tertiary alicyclic amines) is 1. The lowest BCUT2D eigenvalue weighted by Gasteiger charge is -2.34. The third kappa shape index (κ3) is 3.99. The SMILES string of the molecule is CCN1CCCCC1CNC(=O)Cn1ccc2cc([N+](=O)[O-])ccc21. The summed E-state index contributed by atoms with van der Waals surface area (Å²) in [5.74, 6) is -0.0301. The molecule has 1 aromatic heterocycles. The number of carbonyl (C=O) groups excluding carboxylic acids is 1. The van der Waals surface area contributed by atoms with E-state index in [1.165, 1.54) is 25.0 Å². The summed E-state index contributed by atoms with van der Waals surface area (Å²) in [4.78, 5) is 25.2. The van der Waals surface area contributed by atoms with Crippen LogP contribution in [-0.4, -0.2) is 46.0 Å². The van der Waals surface area contributed by atoms with Gasteiger partial charge in [0.2, 0.25) is 5.91 Å². The average Bonchev–Trinajstić information content (AvgIpc) is 3.02. The van der Waals surface area contributed by atoms with Gasteiger partial charge in [-0.3, -0.25) is 19.8 Å². The predicted octanol–water partition coefficient (Wildman–Crippen LogP) is 2.54. The summed E-state index contributed by atoms with van der Waals surface area (Å²) in [5, 5.41) is 14.7. The molecule has 1 aliphatic heterocycles. The molecule has 2 heterocycles. The van der Waals surface area contributed by atoms with Crippen LogP contribution in [-0.2, 0) is 11.3 Å². The van der Waals surface area contributed by atoms with E-state index >= 15 is 0 Å². The molecule has 2 aromatic rings. The molecule has 7 heteroatoms. The minimum atomic E-state index is -0.410. The van der Waals surface area contributed by atoms with E-state index in [-0.39, 0.29) is 18.1 Å². The molecule has 0 saturated carbocycles. The first-order valence-corrected chi connectivity index (χ1v) is 8.82. The number of rotatable bonds is 6. The zero-order valence-electron chi connectivity index (χ0n) is 14.5. The summed E-state index contributed by atoms with van der Waals surface area (Å²) in [6.45, 7) is 5.18. The molecule has 0 bridgehead atoms. The molecule has 25 heavy (non-hydrogen) atoms. The maximum atomic E-state index is 12.3. The number of likely N-dealkylation sites (N-methyl/N-ethyl adjacent to an activating group) is 1. The van der Waals surface area contributed by atoms with Gasteiger partial charge in [0.1, 0.15) is 6.54 Å². The maximum Gasteiger partial charge on any atom is 0.270 e. The number of hydrogen-bond donors (Lipinski definition) is 1. The van der Waals surface area contributed by atoms with Gasteiger partial charge in [-0.05, 0) is 38.1 Å². The summed E-state index contributed by atoms with van der Waals surface area (Å²) in [6.07, 6.45) is 5.38. The fourth-order valence-corrected chi connectivity index (χ4v) is 3.59. The van der Waals surface area contributed by atoms with Crippen molar-refractivity contribution in [3.05, 3.63) is 40.6 Å². The number of piperidine rings is 1. The Labute approximate surface area is 146 Å². The van der Waals surface area contributed by atoms with Crippen LogP contribution in [0.15, 0.2) is 30.5 Å². The molecule has 7 nitrogen and oxygen atoms in total. The molecule has 0 spiro atoms. The summed E-state index contributed by atoms with van der Waals surface area (Å²) >= 11 is 0. The monoisotopic (exact) mass is 344 g/mol. The Bertz CT molecular complexity index is 771. The van der Waals surface area contributed by atoms with E-state index in [0.29, 0.717) is 12.6 Å². The highest BCUT2D eigenvalue weighted by Crippen LogP contribution is 2.22. The van der Waals surface area contributed by atoms with Crippen molar-refractivity contribution in [2.45, 2.75) is 38.8 Å². The Kier molecular flexibility index (Phi) is 5.33. The van der Waals surface area contributed by atoms with Crippen molar-refractivity contribution in [2.24, 2.45) is 0 Å². The molecule has 1 atom stereocenters. The number of nitro groups is 1. The highest BCUT2D eigenvalue weighted by molar-refractivity contribution is 5.85. The van der Waals surface area contributed by atoms with Crippen LogP contribution in [0.25, 0.3) is 10.9 Å². The maximum absolute atomic E-state index is 12.3. The second-order valence-corrected chi connectivity index (χ2v) is 6.53. The number of fused-ring (bicyclic) bond motifs is 1. The molecular formula is C18H24N4O3. The fraction of sp³-hybridized carbons (Fsp3) is 0.500. The third-order valence-corrected chi connectivity index (χ3v) is 4.97. The van der Waals surface area contributed by atoms with Crippen molar-refractivity contribution in [3.63, 3.8) is 0 Å². The van der Waals surface area contributed by atoms with Crippen molar-refractivity contribution in [3.8, 4) is 0 Å². The molecule has 3 rings (SSSR count). The van der Waals surface area contributed by atoms with E-state index in [1.807, 2.05) is 4.57 Å². The Hall–Kier alpha value is -2.41. The number of nitro benzene ring substituents is 1. The molecule has 1 fully saturated rings. The van der Waals surface area contributed by atoms with Crippen molar-refractivity contribution < 1.29 is 9.72 Å². The van der Waals surface area contributed by atoms with Crippen LogP contribution >= 0.6 is 0 Å². The first-order valence-electron chi connectivity index (χ1n) is 8.82. The largest absolute Gasteiger partial charge is 0.353 e. The smallest absolute Gasteiger partial charge is 0.270 e. The zero-order chi connectivity index (χ0) is 17.8. The van der Waals surface area contributed by atoms with Crippen LogP contribution in [0.5, 0.6) is 0 Å². The van der Waals surface area contributed by atoms with Crippen LogP contribution < -0.4 is 5.32 Å². The molecule has 0 radical (unpaired) electrons. The normalized spacial score (nSPS) is 18.4. The molecule has 0 aliphatic carbocycles. The minimum Gasteiger partial charge on any atom is -0.353 e. The predicted molar refractivity (Wildman–Crippen MR) is 96.5 cm³/mol. The van der Waals surface area contributed by atoms with Gasteiger partial charge >= 0.3 is 0 Å². The molecule has 134 valence electrons. The number of carbonyl (C=O) groups is 1. The molecule has 1 amide bonds. The van der Waals surface area contributed by atoms with Gasteiger partial charge < -0.3 is 9.88 Å². The third-order valence-electron chi connectivity index (χ3n) is 4.97. The van der Waals surface area contributed by atoms with Crippen molar-refractivity contribution in [1.82, 2.24) is 14.8 Å². The lowest BCUT2D eigenvalue weighted by atomic mass is 10.0. The van der Waals surface area contributed by atoms with E-state index in [0.717, 1.165) is 30.4 Å². The average molecular weight is 344 g/mol. The number of benzene rings is 1. The number of amides is 1. The van der Waals surface area contributed by atoms with Gasteiger partial charge in [-0.2, -0.15) is 0 Å². The lowest BCUT2D eigenvalue weighted by Crippen LogP contribution is -2.46. The van der Waals surface area contributed by atoms with Gasteiger partial charge in [0.25, 0.3) is 5.69 Å². The first-order chi connectivity index (χ1) is 12.1. The Morgan fingerprint density at radius 2 is 2.20 bits per heavy atom. The second-order valence-electron chi connectivity index (χ2n) is 6.53. The number of non-ortho nitro benzene ring substituents is 1. The van der Waals surface area contributed by atoms with E-state index in [2.05, 4.69) is 17.1 Å². The molecule has 1 aliphatic rings. The van der Waals surface area contributed by atoms with E-state index in [4.69, 9.17) is 0 Å². The van der Waals surface area contributed by atoms with Crippen molar-refractivity contribution in [1.29, 1.82) is 0 Å². The van der Waals surface area contributed by atoms with Gasteiger partial charge in [0.05, 0.1) is 4.92 Å². The molecule has 1 aromatic carbocycles. The Morgan fingerprint density at radius 3 is 2.96 bits per heavy atom. The van der Waals surface area contributed by atoms with Gasteiger partial charge in [-0.1, -0.05) is 13.3 Å². The van der Waals surface area contributed by atoms with E-state index in [9.17, 15) is 14.9 Å². The first kappa shape index (κ1) is 17.4. The lowest BCUT2D eigenvalue weighted by molar-refractivity contribution is -0.384. The number of hydrogen-bond acceptors (Lipinski definition) is 4. The topological polar surface area (TPSA) is 80.4 Å². The van der Waals surface area contributed by atoms with E-state index in [1.54, 1.807) is 18.3 Å². The summed E-state index contributed by atoms with van der Waals surface area (Å²) in [5.41, 5.74) is 0.889.